The van der Waals surface area contributed by atoms with Crippen LogP contribution in [-0.2, 0) is 25.3 Å². The average molecular weight is 223 g/mol. The van der Waals surface area contributed by atoms with Crippen LogP contribution in [0.25, 0.3) is 0 Å². The van der Waals surface area contributed by atoms with Crippen LogP contribution in [0.5, 0.6) is 0 Å². The Hall–Kier alpha value is -0.610. The molecule has 0 bridgehead atoms. The summed E-state index contributed by atoms with van der Waals surface area (Å²) in [4.78, 5) is 9.23. The normalized spacial score (nSPS) is 14.3. The number of hydrogen-bond acceptors (Lipinski definition) is 4. The maximum atomic E-state index is 4.63. The first-order chi connectivity index (χ1) is 7.35. The van der Waals surface area contributed by atoms with Crippen LogP contribution in [0.2, 0.25) is 0 Å². The third-order valence-electron chi connectivity index (χ3n) is 2.59. The predicted molar refractivity (Wildman–Crippen MR) is 63.8 cm³/mol. The van der Waals surface area contributed by atoms with E-state index in [-0.39, 0.29) is 0 Å². The molecule has 0 radical (unpaired) electrons. The van der Waals surface area contributed by atoms with Crippen LogP contribution < -0.4 is 5.32 Å². The summed E-state index contributed by atoms with van der Waals surface area (Å²) in [7, 11) is 0. The average Bonchev–Trinajstić information content (AvgIpc) is 2.73. The number of aryl methyl sites for hydroxylation is 1. The van der Waals surface area contributed by atoms with Crippen molar-refractivity contribution in [2.24, 2.45) is 0 Å². The maximum Gasteiger partial charge on any atom is 0.138 e. The summed E-state index contributed by atoms with van der Waals surface area (Å²) in [5.41, 5.74) is 3.79. The predicted octanol–water partition coefficient (Wildman–Crippen LogP) is 1.90. The maximum absolute atomic E-state index is 4.63. The molecule has 3 nitrogen and oxygen atoms in total. The standard InChI is InChI=1S/C11H17N3S/c1-3-9-8-5-12-6-10(8)14-11(13-9)7-15-4-2/h12H,3-7H2,1-2H3. The van der Waals surface area contributed by atoms with Gasteiger partial charge in [-0.1, -0.05) is 13.8 Å². The van der Waals surface area contributed by atoms with E-state index in [0.717, 1.165) is 36.8 Å². The molecule has 0 unspecified atom stereocenters. The highest BCUT2D eigenvalue weighted by atomic mass is 32.2. The van der Waals surface area contributed by atoms with E-state index in [1.54, 1.807) is 0 Å². The Balaban J connectivity index is 2.26. The lowest BCUT2D eigenvalue weighted by Gasteiger charge is -2.07. The number of fused-ring (bicyclic) bond motifs is 1. The molecule has 1 aliphatic heterocycles. The quantitative estimate of drug-likeness (QED) is 0.846. The summed E-state index contributed by atoms with van der Waals surface area (Å²) in [6, 6.07) is 0. The molecule has 1 N–H and O–H groups in total. The molecule has 1 aromatic rings. The molecular formula is C11H17N3S. The minimum atomic E-state index is 0.911. The highest BCUT2D eigenvalue weighted by molar-refractivity contribution is 7.98. The number of nitrogens with zero attached hydrogens (tertiary/aromatic N) is 2. The lowest BCUT2D eigenvalue weighted by Crippen LogP contribution is -2.04. The van der Waals surface area contributed by atoms with Crippen LogP contribution in [-0.4, -0.2) is 15.7 Å². The Morgan fingerprint density at radius 3 is 2.87 bits per heavy atom. The van der Waals surface area contributed by atoms with Crippen LogP contribution >= 0.6 is 11.8 Å². The summed E-state index contributed by atoms with van der Waals surface area (Å²) < 4.78 is 0. The molecule has 0 aromatic carbocycles. The molecule has 15 heavy (non-hydrogen) atoms. The van der Waals surface area contributed by atoms with Gasteiger partial charge >= 0.3 is 0 Å². The van der Waals surface area contributed by atoms with Gasteiger partial charge in [0.1, 0.15) is 5.82 Å². The van der Waals surface area contributed by atoms with Crippen molar-refractivity contribution in [2.75, 3.05) is 5.75 Å². The Kier molecular flexibility index (Phi) is 3.59. The van der Waals surface area contributed by atoms with Crippen molar-refractivity contribution < 1.29 is 0 Å². The van der Waals surface area contributed by atoms with Gasteiger partial charge in [-0.05, 0) is 12.2 Å². The molecule has 2 heterocycles. The Labute approximate surface area is 95.1 Å². The largest absolute Gasteiger partial charge is 0.307 e. The van der Waals surface area contributed by atoms with E-state index in [4.69, 9.17) is 0 Å². The molecule has 4 heteroatoms. The Morgan fingerprint density at radius 2 is 2.13 bits per heavy atom. The highest BCUT2D eigenvalue weighted by Gasteiger charge is 2.17. The summed E-state index contributed by atoms with van der Waals surface area (Å²) in [6.07, 6.45) is 1.01. The van der Waals surface area contributed by atoms with Crippen molar-refractivity contribution in [3.63, 3.8) is 0 Å². The first-order valence-electron chi connectivity index (χ1n) is 5.51. The van der Waals surface area contributed by atoms with Gasteiger partial charge in [0.05, 0.1) is 11.4 Å². The topological polar surface area (TPSA) is 37.8 Å². The number of aromatic nitrogens is 2. The molecule has 1 aromatic heterocycles. The van der Waals surface area contributed by atoms with E-state index < -0.39 is 0 Å². The highest BCUT2D eigenvalue weighted by Crippen LogP contribution is 2.19. The summed E-state index contributed by atoms with van der Waals surface area (Å²) in [5.74, 6) is 3.07. The van der Waals surface area contributed by atoms with Gasteiger partial charge in [0.15, 0.2) is 0 Å². The zero-order chi connectivity index (χ0) is 10.7. The van der Waals surface area contributed by atoms with E-state index in [1.807, 2.05) is 11.8 Å². The molecule has 0 aliphatic carbocycles. The van der Waals surface area contributed by atoms with E-state index in [9.17, 15) is 0 Å². The van der Waals surface area contributed by atoms with Crippen molar-refractivity contribution in [3.05, 3.63) is 22.8 Å². The fourth-order valence-electron chi connectivity index (χ4n) is 1.84. The summed E-state index contributed by atoms with van der Waals surface area (Å²) in [5, 5.41) is 3.34. The molecule has 0 saturated carbocycles. The third-order valence-corrected chi connectivity index (χ3v) is 3.46. The van der Waals surface area contributed by atoms with Gasteiger partial charge in [0, 0.05) is 24.3 Å². The van der Waals surface area contributed by atoms with Crippen molar-refractivity contribution in [3.8, 4) is 0 Å². The number of thioether (sulfide) groups is 1. The molecule has 82 valence electrons. The van der Waals surface area contributed by atoms with Crippen LogP contribution in [0.1, 0.15) is 36.6 Å². The van der Waals surface area contributed by atoms with Crippen LogP contribution in [0.4, 0.5) is 0 Å². The molecule has 0 saturated heterocycles. The van der Waals surface area contributed by atoms with E-state index in [2.05, 4.69) is 29.1 Å². The van der Waals surface area contributed by atoms with Gasteiger partial charge < -0.3 is 5.32 Å². The zero-order valence-electron chi connectivity index (χ0n) is 9.34. The van der Waals surface area contributed by atoms with Crippen molar-refractivity contribution in [1.82, 2.24) is 15.3 Å². The first-order valence-corrected chi connectivity index (χ1v) is 6.66. The summed E-state index contributed by atoms with van der Waals surface area (Å²) in [6.45, 7) is 6.19. The summed E-state index contributed by atoms with van der Waals surface area (Å²) >= 11 is 1.88. The van der Waals surface area contributed by atoms with Crippen LogP contribution in [0.15, 0.2) is 0 Å². The third kappa shape index (κ3) is 2.32. The molecule has 0 atom stereocenters. The SMILES string of the molecule is CCSCc1nc(CC)c2c(n1)CNC2. The fourth-order valence-corrected chi connectivity index (χ4v) is 2.36. The Bertz CT molecular complexity index is 352. The number of hydrogen-bond donors (Lipinski definition) is 1. The van der Waals surface area contributed by atoms with Gasteiger partial charge in [-0.3, -0.25) is 0 Å². The minimum absolute atomic E-state index is 0.911. The minimum Gasteiger partial charge on any atom is -0.307 e. The molecule has 1 aliphatic rings. The lowest BCUT2D eigenvalue weighted by atomic mass is 10.1. The first kappa shape index (κ1) is 10.9. The molecule has 0 amide bonds. The van der Waals surface area contributed by atoms with E-state index >= 15 is 0 Å². The van der Waals surface area contributed by atoms with Gasteiger partial charge in [-0.2, -0.15) is 11.8 Å². The zero-order valence-corrected chi connectivity index (χ0v) is 10.2. The molecular weight excluding hydrogens is 206 g/mol. The van der Waals surface area contributed by atoms with Gasteiger partial charge in [0.25, 0.3) is 0 Å². The van der Waals surface area contributed by atoms with Crippen LogP contribution in [0, 0.1) is 0 Å². The van der Waals surface area contributed by atoms with Crippen LogP contribution in [0.3, 0.4) is 0 Å². The number of nitrogens with one attached hydrogen (secondary N) is 1. The fraction of sp³-hybridized carbons (Fsp3) is 0.636. The van der Waals surface area contributed by atoms with Crippen molar-refractivity contribution >= 4 is 11.8 Å². The second-order valence-corrected chi connectivity index (χ2v) is 4.88. The van der Waals surface area contributed by atoms with E-state index in [0.29, 0.717) is 0 Å². The second kappa shape index (κ2) is 4.94. The van der Waals surface area contributed by atoms with Gasteiger partial charge in [-0.15, -0.1) is 0 Å². The number of rotatable bonds is 4. The van der Waals surface area contributed by atoms with Gasteiger partial charge in [0.2, 0.25) is 0 Å². The Morgan fingerprint density at radius 1 is 1.27 bits per heavy atom. The van der Waals surface area contributed by atoms with Crippen molar-refractivity contribution in [1.29, 1.82) is 0 Å². The second-order valence-electron chi connectivity index (χ2n) is 3.61. The van der Waals surface area contributed by atoms with Gasteiger partial charge in [-0.25, -0.2) is 9.97 Å². The van der Waals surface area contributed by atoms with E-state index in [1.165, 1.54) is 17.0 Å². The smallest absolute Gasteiger partial charge is 0.138 e. The van der Waals surface area contributed by atoms with Crippen molar-refractivity contribution in [2.45, 2.75) is 39.1 Å². The monoisotopic (exact) mass is 223 g/mol. The lowest BCUT2D eigenvalue weighted by molar-refractivity contribution is 0.755. The molecule has 0 spiro atoms. The molecule has 0 fully saturated rings. The molecule has 2 rings (SSSR count).